The molecule has 1 amide bonds. The molecule has 1 aliphatic rings. The molecule has 0 bridgehead atoms. The quantitative estimate of drug-likeness (QED) is 0.838. The lowest BCUT2D eigenvalue weighted by Gasteiger charge is -2.24. The zero-order chi connectivity index (χ0) is 14.5. The van der Waals surface area contributed by atoms with E-state index in [-0.39, 0.29) is 11.9 Å². The largest absolute Gasteiger partial charge is 0.379 e. The molecule has 110 valence electrons. The number of anilines is 1. The molecule has 1 aromatic carbocycles. The first-order valence-corrected chi connectivity index (χ1v) is 7.30. The van der Waals surface area contributed by atoms with Crippen LogP contribution in [-0.4, -0.2) is 31.7 Å². The molecule has 1 unspecified atom stereocenters. The fourth-order valence-corrected chi connectivity index (χ4v) is 2.33. The summed E-state index contributed by atoms with van der Waals surface area (Å²) in [7, 11) is 0. The lowest BCUT2D eigenvalue weighted by Crippen LogP contribution is -2.43. The molecule has 4 heteroatoms. The third kappa shape index (κ3) is 3.58. The first kappa shape index (κ1) is 15.0. The van der Waals surface area contributed by atoms with Crippen molar-refractivity contribution in [3.8, 4) is 0 Å². The second-order valence-electron chi connectivity index (χ2n) is 5.69. The van der Waals surface area contributed by atoms with Crippen molar-refractivity contribution in [2.75, 3.05) is 24.7 Å². The summed E-state index contributed by atoms with van der Waals surface area (Å²) in [6.45, 7) is 8.80. The van der Waals surface area contributed by atoms with Crippen LogP contribution in [0, 0.1) is 5.92 Å². The van der Waals surface area contributed by atoms with Crippen LogP contribution in [0.5, 0.6) is 0 Å². The SMILES string of the molecule is CC(C)COCCN1C(=O)C(C)NCc2ccccc21. The maximum atomic E-state index is 12.4. The summed E-state index contributed by atoms with van der Waals surface area (Å²) in [5.74, 6) is 0.630. The number of nitrogens with zero attached hydrogens (tertiary/aromatic N) is 1. The Bertz CT molecular complexity index is 460. The van der Waals surface area contributed by atoms with Crippen molar-refractivity contribution in [1.29, 1.82) is 0 Å². The van der Waals surface area contributed by atoms with E-state index >= 15 is 0 Å². The van der Waals surface area contributed by atoms with Gasteiger partial charge in [0.15, 0.2) is 0 Å². The molecule has 0 radical (unpaired) electrons. The molecule has 0 aliphatic carbocycles. The summed E-state index contributed by atoms with van der Waals surface area (Å²) < 4.78 is 5.62. The molecule has 1 N–H and O–H groups in total. The van der Waals surface area contributed by atoms with Gasteiger partial charge in [-0.15, -0.1) is 0 Å². The van der Waals surface area contributed by atoms with Crippen LogP contribution in [0.15, 0.2) is 24.3 Å². The standard InChI is InChI=1S/C16H24N2O2/c1-12(2)11-20-9-8-18-15-7-5-4-6-14(15)10-17-13(3)16(18)19/h4-7,12-13,17H,8-11H2,1-3H3. The van der Waals surface area contributed by atoms with E-state index in [0.29, 0.717) is 19.1 Å². The fourth-order valence-electron chi connectivity index (χ4n) is 2.33. The molecule has 20 heavy (non-hydrogen) atoms. The minimum Gasteiger partial charge on any atom is -0.379 e. The van der Waals surface area contributed by atoms with Crippen molar-refractivity contribution in [3.63, 3.8) is 0 Å². The highest BCUT2D eigenvalue weighted by Crippen LogP contribution is 2.23. The number of para-hydroxylation sites is 1. The highest BCUT2D eigenvalue weighted by atomic mass is 16.5. The number of carbonyl (C=O) groups excluding carboxylic acids is 1. The highest BCUT2D eigenvalue weighted by Gasteiger charge is 2.26. The van der Waals surface area contributed by atoms with Gasteiger partial charge >= 0.3 is 0 Å². The maximum absolute atomic E-state index is 12.4. The van der Waals surface area contributed by atoms with Crippen LogP contribution >= 0.6 is 0 Å². The predicted molar refractivity (Wildman–Crippen MR) is 80.8 cm³/mol. The van der Waals surface area contributed by atoms with E-state index in [9.17, 15) is 4.79 Å². The lowest BCUT2D eigenvalue weighted by atomic mass is 10.1. The van der Waals surface area contributed by atoms with E-state index in [0.717, 1.165) is 24.4 Å². The molecule has 0 saturated heterocycles. The van der Waals surface area contributed by atoms with Crippen LogP contribution in [0.4, 0.5) is 5.69 Å². The monoisotopic (exact) mass is 276 g/mol. The molecular formula is C16H24N2O2. The van der Waals surface area contributed by atoms with Gasteiger partial charge in [0, 0.05) is 25.4 Å². The molecular weight excluding hydrogens is 252 g/mol. The Morgan fingerprint density at radius 2 is 2.15 bits per heavy atom. The fraction of sp³-hybridized carbons (Fsp3) is 0.562. The topological polar surface area (TPSA) is 41.6 Å². The van der Waals surface area contributed by atoms with Crippen molar-refractivity contribution < 1.29 is 9.53 Å². The Morgan fingerprint density at radius 1 is 1.40 bits per heavy atom. The first-order chi connectivity index (χ1) is 9.59. The number of hydrogen-bond donors (Lipinski definition) is 1. The van der Waals surface area contributed by atoms with Crippen molar-refractivity contribution in [1.82, 2.24) is 5.32 Å². The van der Waals surface area contributed by atoms with Crippen molar-refractivity contribution >= 4 is 11.6 Å². The van der Waals surface area contributed by atoms with Crippen LogP contribution in [0.2, 0.25) is 0 Å². The van der Waals surface area contributed by atoms with E-state index in [1.807, 2.05) is 30.0 Å². The van der Waals surface area contributed by atoms with E-state index in [2.05, 4.69) is 25.2 Å². The third-order valence-corrected chi connectivity index (χ3v) is 3.43. The lowest BCUT2D eigenvalue weighted by molar-refractivity contribution is -0.120. The Kier molecular flexibility index (Phi) is 5.15. The molecule has 1 heterocycles. The number of carbonyl (C=O) groups is 1. The number of amides is 1. The van der Waals surface area contributed by atoms with Gasteiger partial charge in [-0.25, -0.2) is 0 Å². The van der Waals surface area contributed by atoms with Gasteiger partial charge < -0.3 is 15.0 Å². The minimum atomic E-state index is -0.160. The maximum Gasteiger partial charge on any atom is 0.243 e. The van der Waals surface area contributed by atoms with Crippen LogP contribution in [-0.2, 0) is 16.1 Å². The Balaban J connectivity index is 2.08. The van der Waals surface area contributed by atoms with Gasteiger partial charge in [0.2, 0.25) is 5.91 Å². The van der Waals surface area contributed by atoms with Gasteiger partial charge in [0.1, 0.15) is 0 Å². The average molecular weight is 276 g/mol. The normalized spacial score (nSPS) is 19.1. The average Bonchev–Trinajstić information content (AvgIpc) is 2.55. The number of ether oxygens (including phenoxy) is 1. The van der Waals surface area contributed by atoms with Crippen LogP contribution in [0.25, 0.3) is 0 Å². The van der Waals surface area contributed by atoms with E-state index in [4.69, 9.17) is 4.74 Å². The smallest absolute Gasteiger partial charge is 0.243 e. The Hall–Kier alpha value is -1.39. The summed E-state index contributed by atoms with van der Waals surface area (Å²) in [5, 5.41) is 3.26. The summed E-state index contributed by atoms with van der Waals surface area (Å²) in [5.41, 5.74) is 2.16. The summed E-state index contributed by atoms with van der Waals surface area (Å²) in [6.07, 6.45) is 0. The third-order valence-electron chi connectivity index (χ3n) is 3.43. The first-order valence-electron chi connectivity index (χ1n) is 7.30. The molecule has 1 aromatic rings. The van der Waals surface area contributed by atoms with Crippen molar-refractivity contribution in [3.05, 3.63) is 29.8 Å². The molecule has 0 aromatic heterocycles. The van der Waals surface area contributed by atoms with Gasteiger partial charge in [-0.1, -0.05) is 32.0 Å². The number of rotatable bonds is 5. The molecule has 0 saturated carbocycles. The van der Waals surface area contributed by atoms with Gasteiger partial charge in [-0.05, 0) is 24.5 Å². The van der Waals surface area contributed by atoms with Crippen LogP contribution in [0.3, 0.4) is 0 Å². The minimum absolute atomic E-state index is 0.114. The highest BCUT2D eigenvalue weighted by molar-refractivity contribution is 5.98. The molecule has 2 rings (SSSR count). The zero-order valence-electron chi connectivity index (χ0n) is 12.6. The number of hydrogen-bond acceptors (Lipinski definition) is 3. The molecule has 1 aliphatic heterocycles. The van der Waals surface area contributed by atoms with E-state index < -0.39 is 0 Å². The second-order valence-corrected chi connectivity index (χ2v) is 5.69. The Labute approximate surface area is 121 Å². The molecule has 1 atom stereocenters. The van der Waals surface area contributed by atoms with Gasteiger partial charge in [-0.3, -0.25) is 4.79 Å². The van der Waals surface area contributed by atoms with Crippen LogP contribution in [0.1, 0.15) is 26.3 Å². The summed E-state index contributed by atoms with van der Waals surface area (Å²) in [6, 6.07) is 7.90. The van der Waals surface area contributed by atoms with E-state index in [1.165, 1.54) is 0 Å². The summed E-state index contributed by atoms with van der Waals surface area (Å²) >= 11 is 0. The van der Waals surface area contributed by atoms with Crippen molar-refractivity contribution in [2.24, 2.45) is 5.92 Å². The van der Waals surface area contributed by atoms with E-state index in [1.54, 1.807) is 0 Å². The number of benzene rings is 1. The molecule has 0 fully saturated rings. The van der Waals surface area contributed by atoms with Gasteiger partial charge in [0.05, 0.1) is 12.6 Å². The number of nitrogens with one attached hydrogen (secondary N) is 1. The van der Waals surface area contributed by atoms with Crippen LogP contribution < -0.4 is 10.2 Å². The van der Waals surface area contributed by atoms with Gasteiger partial charge in [-0.2, -0.15) is 0 Å². The van der Waals surface area contributed by atoms with Crippen molar-refractivity contribution in [2.45, 2.75) is 33.4 Å². The molecule has 4 nitrogen and oxygen atoms in total. The summed E-state index contributed by atoms with van der Waals surface area (Å²) in [4.78, 5) is 14.3. The van der Waals surface area contributed by atoms with Gasteiger partial charge in [0.25, 0.3) is 0 Å². The number of fused-ring (bicyclic) bond motifs is 1. The molecule has 0 spiro atoms. The predicted octanol–water partition coefficient (Wildman–Crippen LogP) is 2.18. The second kappa shape index (κ2) is 6.86. The zero-order valence-corrected chi connectivity index (χ0v) is 12.6. The Morgan fingerprint density at radius 3 is 2.90 bits per heavy atom.